The fourth-order valence-corrected chi connectivity index (χ4v) is 2.17. The molecule has 0 bridgehead atoms. The maximum absolute atomic E-state index is 11.9. The standard InChI is InChI=1S/C15H15N3O2/c1-10(9-11-5-4-8-20-11)16-15-17-13-7-3-2-6-12(13)14(19)18-15/h2-8,10H,9H2,1H3,(H2,16,17,18,19)/t10-/m1/s1. The lowest BCUT2D eigenvalue weighted by Gasteiger charge is -2.13. The van der Waals surface area contributed by atoms with Gasteiger partial charge in [0.2, 0.25) is 5.95 Å². The summed E-state index contributed by atoms with van der Waals surface area (Å²) in [5.41, 5.74) is 0.548. The molecule has 0 fully saturated rings. The number of para-hydroxylation sites is 1. The molecule has 2 heterocycles. The highest BCUT2D eigenvalue weighted by atomic mass is 16.3. The molecule has 0 aliphatic heterocycles. The summed E-state index contributed by atoms with van der Waals surface area (Å²) in [7, 11) is 0. The number of nitrogens with one attached hydrogen (secondary N) is 2. The SMILES string of the molecule is C[C@H](Cc1ccco1)Nc1nc2ccccc2c(=O)[nH]1. The summed E-state index contributed by atoms with van der Waals surface area (Å²) in [4.78, 5) is 19.1. The minimum atomic E-state index is -0.136. The highest BCUT2D eigenvalue weighted by Crippen LogP contribution is 2.10. The Morgan fingerprint density at radius 2 is 2.15 bits per heavy atom. The van der Waals surface area contributed by atoms with Crippen LogP contribution in [0.3, 0.4) is 0 Å². The van der Waals surface area contributed by atoms with Crippen molar-refractivity contribution in [2.75, 3.05) is 5.32 Å². The molecule has 0 aliphatic carbocycles. The van der Waals surface area contributed by atoms with Gasteiger partial charge < -0.3 is 9.73 Å². The lowest BCUT2D eigenvalue weighted by atomic mass is 10.2. The van der Waals surface area contributed by atoms with Crippen LogP contribution in [-0.2, 0) is 6.42 Å². The van der Waals surface area contributed by atoms with Gasteiger partial charge in [0.1, 0.15) is 5.76 Å². The molecule has 3 aromatic rings. The fourth-order valence-electron chi connectivity index (χ4n) is 2.17. The molecule has 5 nitrogen and oxygen atoms in total. The summed E-state index contributed by atoms with van der Waals surface area (Å²) in [6.45, 7) is 2.01. The zero-order valence-corrected chi connectivity index (χ0v) is 11.1. The second-order valence-electron chi connectivity index (χ2n) is 4.76. The molecule has 0 saturated heterocycles. The van der Waals surface area contributed by atoms with Crippen LogP contribution >= 0.6 is 0 Å². The Labute approximate surface area is 115 Å². The lowest BCUT2D eigenvalue weighted by molar-refractivity contribution is 0.497. The monoisotopic (exact) mass is 269 g/mol. The van der Waals surface area contributed by atoms with E-state index in [4.69, 9.17) is 4.42 Å². The largest absolute Gasteiger partial charge is 0.469 e. The van der Waals surface area contributed by atoms with Crippen molar-refractivity contribution in [2.24, 2.45) is 0 Å². The molecule has 0 aliphatic rings. The Kier molecular flexibility index (Phi) is 3.25. The van der Waals surface area contributed by atoms with Gasteiger partial charge in [0.15, 0.2) is 0 Å². The van der Waals surface area contributed by atoms with Crippen molar-refractivity contribution in [1.82, 2.24) is 9.97 Å². The molecule has 2 N–H and O–H groups in total. The summed E-state index contributed by atoms with van der Waals surface area (Å²) in [6.07, 6.45) is 2.38. The van der Waals surface area contributed by atoms with Gasteiger partial charge in [-0.15, -0.1) is 0 Å². The molecular weight excluding hydrogens is 254 g/mol. The van der Waals surface area contributed by atoms with Gasteiger partial charge in [-0.05, 0) is 31.2 Å². The minimum absolute atomic E-state index is 0.102. The molecule has 0 amide bonds. The average Bonchev–Trinajstić information content (AvgIpc) is 2.91. The van der Waals surface area contributed by atoms with Gasteiger partial charge in [0.05, 0.1) is 17.2 Å². The summed E-state index contributed by atoms with van der Waals surface area (Å²) >= 11 is 0. The number of aromatic amines is 1. The van der Waals surface area contributed by atoms with E-state index >= 15 is 0 Å². The quantitative estimate of drug-likeness (QED) is 0.763. The summed E-state index contributed by atoms with van der Waals surface area (Å²) in [5, 5.41) is 3.78. The third kappa shape index (κ3) is 2.56. The molecule has 1 atom stereocenters. The van der Waals surface area contributed by atoms with Crippen LogP contribution in [0.1, 0.15) is 12.7 Å². The maximum atomic E-state index is 11.9. The average molecular weight is 269 g/mol. The molecule has 2 aromatic heterocycles. The van der Waals surface area contributed by atoms with E-state index in [0.29, 0.717) is 16.9 Å². The van der Waals surface area contributed by atoms with Gasteiger partial charge in [0.25, 0.3) is 5.56 Å². The van der Waals surface area contributed by atoms with Crippen molar-refractivity contribution in [1.29, 1.82) is 0 Å². The Morgan fingerprint density at radius 3 is 2.95 bits per heavy atom. The van der Waals surface area contributed by atoms with Crippen LogP contribution in [0.4, 0.5) is 5.95 Å². The topological polar surface area (TPSA) is 70.9 Å². The molecule has 0 spiro atoms. The zero-order valence-electron chi connectivity index (χ0n) is 11.1. The third-order valence-corrected chi connectivity index (χ3v) is 3.08. The van der Waals surface area contributed by atoms with E-state index in [0.717, 1.165) is 12.2 Å². The first-order chi connectivity index (χ1) is 9.72. The molecule has 0 unspecified atom stereocenters. The van der Waals surface area contributed by atoms with E-state index in [-0.39, 0.29) is 11.6 Å². The van der Waals surface area contributed by atoms with Crippen molar-refractivity contribution in [3.05, 3.63) is 58.8 Å². The summed E-state index contributed by atoms with van der Waals surface area (Å²) < 4.78 is 5.30. The van der Waals surface area contributed by atoms with Crippen molar-refractivity contribution in [2.45, 2.75) is 19.4 Å². The van der Waals surface area contributed by atoms with Crippen molar-refractivity contribution in [3.8, 4) is 0 Å². The first-order valence-electron chi connectivity index (χ1n) is 6.50. The molecule has 3 rings (SSSR count). The minimum Gasteiger partial charge on any atom is -0.469 e. The van der Waals surface area contributed by atoms with Crippen LogP contribution in [0.25, 0.3) is 10.9 Å². The number of nitrogens with zero attached hydrogens (tertiary/aromatic N) is 1. The van der Waals surface area contributed by atoms with Crippen LogP contribution < -0.4 is 10.9 Å². The normalized spacial score (nSPS) is 12.4. The second-order valence-corrected chi connectivity index (χ2v) is 4.76. The van der Waals surface area contributed by atoms with Crippen LogP contribution in [0.2, 0.25) is 0 Å². The Balaban J connectivity index is 1.82. The number of fused-ring (bicyclic) bond motifs is 1. The van der Waals surface area contributed by atoms with Crippen LogP contribution in [-0.4, -0.2) is 16.0 Å². The van der Waals surface area contributed by atoms with E-state index < -0.39 is 0 Å². The third-order valence-electron chi connectivity index (χ3n) is 3.08. The number of anilines is 1. The molecule has 0 radical (unpaired) electrons. The summed E-state index contributed by atoms with van der Waals surface area (Å²) in [6, 6.07) is 11.2. The maximum Gasteiger partial charge on any atom is 0.260 e. The van der Waals surface area contributed by atoms with E-state index in [1.165, 1.54) is 0 Å². The number of hydrogen-bond acceptors (Lipinski definition) is 4. The first-order valence-corrected chi connectivity index (χ1v) is 6.50. The molecule has 1 aromatic carbocycles. The van der Waals surface area contributed by atoms with Crippen LogP contribution in [0, 0.1) is 0 Å². The van der Waals surface area contributed by atoms with Crippen molar-refractivity contribution >= 4 is 16.9 Å². The van der Waals surface area contributed by atoms with Gasteiger partial charge in [-0.25, -0.2) is 4.98 Å². The van der Waals surface area contributed by atoms with E-state index in [1.807, 2.05) is 37.3 Å². The molecular formula is C15H15N3O2. The smallest absolute Gasteiger partial charge is 0.260 e. The number of furan rings is 1. The predicted molar refractivity (Wildman–Crippen MR) is 77.9 cm³/mol. The molecule has 20 heavy (non-hydrogen) atoms. The molecule has 102 valence electrons. The van der Waals surface area contributed by atoms with Crippen molar-refractivity contribution in [3.63, 3.8) is 0 Å². The Bertz CT molecular complexity index is 762. The highest BCUT2D eigenvalue weighted by Gasteiger charge is 2.08. The second kappa shape index (κ2) is 5.21. The van der Waals surface area contributed by atoms with Gasteiger partial charge >= 0.3 is 0 Å². The zero-order chi connectivity index (χ0) is 13.9. The van der Waals surface area contributed by atoms with E-state index in [2.05, 4.69) is 15.3 Å². The van der Waals surface area contributed by atoms with E-state index in [9.17, 15) is 4.79 Å². The summed E-state index contributed by atoms with van der Waals surface area (Å²) in [5.74, 6) is 1.38. The Morgan fingerprint density at radius 1 is 1.30 bits per heavy atom. The van der Waals surface area contributed by atoms with E-state index in [1.54, 1.807) is 12.3 Å². The van der Waals surface area contributed by atoms with Gasteiger partial charge in [-0.1, -0.05) is 12.1 Å². The number of rotatable bonds is 4. The molecule has 0 saturated carbocycles. The van der Waals surface area contributed by atoms with Crippen molar-refractivity contribution < 1.29 is 4.42 Å². The molecule has 5 heteroatoms. The first kappa shape index (κ1) is 12.5. The predicted octanol–water partition coefficient (Wildman–Crippen LogP) is 2.56. The van der Waals surface area contributed by atoms with Gasteiger partial charge in [-0.3, -0.25) is 9.78 Å². The van der Waals surface area contributed by atoms with Gasteiger partial charge in [-0.2, -0.15) is 0 Å². The Hall–Kier alpha value is -2.56. The number of benzene rings is 1. The number of H-pyrrole nitrogens is 1. The van der Waals surface area contributed by atoms with Gasteiger partial charge in [0, 0.05) is 12.5 Å². The fraction of sp³-hybridized carbons (Fsp3) is 0.200. The number of aromatic nitrogens is 2. The van der Waals surface area contributed by atoms with Crippen LogP contribution in [0.15, 0.2) is 51.9 Å². The highest BCUT2D eigenvalue weighted by molar-refractivity contribution is 5.78. The lowest BCUT2D eigenvalue weighted by Crippen LogP contribution is -2.22. The van der Waals surface area contributed by atoms with Crippen LogP contribution in [0.5, 0.6) is 0 Å². The number of hydrogen-bond donors (Lipinski definition) is 2.